The second-order valence-corrected chi connectivity index (χ2v) is 9.21. The Hall–Kier alpha value is -3.43. The first-order valence-electron chi connectivity index (χ1n) is 11.0. The monoisotopic (exact) mass is 449 g/mol. The lowest BCUT2D eigenvalue weighted by molar-refractivity contribution is -0.0872. The molecule has 0 unspecified atom stereocenters. The van der Waals surface area contributed by atoms with Gasteiger partial charge in [0, 0.05) is 30.9 Å². The summed E-state index contributed by atoms with van der Waals surface area (Å²) in [5, 5.41) is 17.8. The van der Waals surface area contributed by atoms with Crippen molar-refractivity contribution in [2.45, 2.75) is 32.1 Å². The highest BCUT2D eigenvalue weighted by Gasteiger charge is 2.37. The summed E-state index contributed by atoms with van der Waals surface area (Å²) >= 11 is 0. The molecular formula is C24H27N5O4. The summed E-state index contributed by atoms with van der Waals surface area (Å²) in [5.41, 5.74) is 8.84. The van der Waals surface area contributed by atoms with Gasteiger partial charge < -0.3 is 24.9 Å². The van der Waals surface area contributed by atoms with Crippen LogP contribution in [-0.2, 0) is 6.54 Å². The number of amides is 1. The summed E-state index contributed by atoms with van der Waals surface area (Å²) in [7, 11) is 0. The Labute approximate surface area is 191 Å². The van der Waals surface area contributed by atoms with Gasteiger partial charge >= 0.3 is 11.8 Å². The van der Waals surface area contributed by atoms with Gasteiger partial charge in [-0.1, -0.05) is 6.07 Å². The molecule has 0 spiro atoms. The molecule has 172 valence electrons. The molecular weight excluding hydrogens is 422 g/mol. The van der Waals surface area contributed by atoms with E-state index < -0.39 is 5.60 Å². The molecule has 2 aliphatic rings. The lowest BCUT2D eigenvalue weighted by Gasteiger charge is -2.44. The first-order chi connectivity index (χ1) is 15.8. The van der Waals surface area contributed by atoms with Crippen LogP contribution >= 0.6 is 0 Å². The van der Waals surface area contributed by atoms with Crippen LogP contribution < -0.4 is 10.5 Å². The Kier molecular flexibility index (Phi) is 5.30. The topological polar surface area (TPSA) is 118 Å². The van der Waals surface area contributed by atoms with E-state index in [1.54, 1.807) is 29.2 Å². The molecule has 1 aromatic heterocycles. The molecule has 2 aliphatic heterocycles. The lowest BCUT2D eigenvalue weighted by Crippen LogP contribution is -2.59. The summed E-state index contributed by atoms with van der Waals surface area (Å²) in [5.74, 6) is 0.725. The summed E-state index contributed by atoms with van der Waals surface area (Å²) in [6.45, 7) is 7.04. The molecule has 3 N–H and O–H groups in total. The minimum atomic E-state index is -0.566. The quantitative estimate of drug-likeness (QED) is 0.550. The number of rotatable bonds is 6. The number of likely N-dealkylation sites (tertiary alicyclic amines) is 2. The van der Waals surface area contributed by atoms with Crippen LogP contribution in [0.15, 0.2) is 46.9 Å². The van der Waals surface area contributed by atoms with Crippen LogP contribution in [0.25, 0.3) is 11.5 Å². The van der Waals surface area contributed by atoms with Gasteiger partial charge in [-0.15, -0.1) is 10.2 Å². The zero-order chi connectivity index (χ0) is 23.2. The van der Waals surface area contributed by atoms with Crippen LogP contribution in [0, 0.1) is 6.92 Å². The van der Waals surface area contributed by atoms with E-state index in [4.69, 9.17) is 14.9 Å². The van der Waals surface area contributed by atoms with Gasteiger partial charge in [0.05, 0.1) is 18.7 Å². The van der Waals surface area contributed by atoms with Crippen molar-refractivity contribution >= 4 is 11.6 Å². The molecule has 1 amide bonds. The van der Waals surface area contributed by atoms with E-state index in [0.29, 0.717) is 37.4 Å². The van der Waals surface area contributed by atoms with Crippen LogP contribution in [0.4, 0.5) is 5.69 Å². The summed E-state index contributed by atoms with van der Waals surface area (Å²) < 4.78 is 11.6. The molecule has 0 atom stereocenters. The molecule has 2 aromatic carbocycles. The van der Waals surface area contributed by atoms with E-state index in [1.807, 2.05) is 19.1 Å². The molecule has 9 nitrogen and oxygen atoms in total. The third-order valence-corrected chi connectivity index (χ3v) is 6.04. The first-order valence-corrected chi connectivity index (χ1v) is 11.0. The van der Waals surface area contributed by atoms with Crippen molar-refractivity contribution in [2.24, 2.45) is 0 Å². The van der Waals surface area contributed by atoms with Crippen LogP contribution in [0.5, 0.6) is 5.75 Å². The Balaban J connectivity index is 1.13. The average Bonchev–Trinajstić information content (AvgIpc) is 3.21. The summed E-state index contributed by atoms with van der Waals surface area (Å²) in [6, 6.07) is 13.1. The molecule has 2 fully saturated rings. The normalized spacial score (nSPS) is 18.0. The van der Waals surface area contributed by atoms with Crippen molar-refractivity contribution in [3.8, 4) is 17.2 Å². The van der Waals surface area contributed by atoms with Crippen LogP contribution in [0.3, 0.4) is 0 Å². The largest absolute Gasteiger partial charge is 0.487 e. The van der Waals surface area contributed by atoms with Gasteiger partial charge in [0.15, 0.2) is 0 Å². The molecule has 0 aliphatic carbocycles. The van der Waals surface area contributed by atoms with Gasteiger partial charge in [-0.3, -0.25) is 9.69 Å². The van der Waals surface area contributed by atoms with Gasteiger partial charge in [-0.25, -0.2) is 0 Å². The highest BCUT2D eigenvalue weighted by molar-refractivity contribution is 5.90. The van der Waals surface area contributed by atoms with E-state index in [9.17, 15) is 9.90 Å². The number of nitrogen functional groups attached to an aromatic ring is 1. The maximum Gasteiger partial charge on any atom is 0.311 e. The number of carbonyl (C=O) groups excluding carboxylic acids is 1. The predicted octanol–water partition coefficient (Wildman–Crippen LogP) is 2.10. The lowest BCUT2D eigenvalue weighted by atomic mass is 9.95. The predicted molar refractivity (Wildman–Crippen MR) is 122 cm³/mol. The molecule has 0 saturated carbocycles. The van der Waals surface area contributed by atoms with E-state index in [-0.39, 0.29) is 23.8 Å². The maximum absolute atomic E-state index is 12.6. The number of benzene rings is 2. The molecule has 9 heteroatoms. The van der Waals surface area contributed by atoms with Crippen LogP contribution in [0.1, 0.15) is 28.7 Å². The fraction of sp³-hybridized carbons (Fsp3) is 0.375. The van der Waals surface area contributed by atoms with E-state index >= 15 is 0 Å². The number of aryl methyl sites for hydroxylation is 1. The molecule has 3 aromatic rings. The standard InChI is InChI=1S/C24H27N5O4/c1-15-9-19(8-5-17(15)10-28-13-24(2,31)14-28)32-20-11-29(12-20)23(30)22-27-26-21(33-22)16-3-6-18(25)7-4-16/h3-9,20,31H,10-14,25H2,1-2H3. The Morgan fingerprint density at radius 2 is 1.94 bits per heavy atom. The fourth-order valence-electron chi connectivity index (χ4n) is 4.25. The zero-order valence-electron chi connectivity index (χ0n) is 18.7. The van der Waals surface area contributed by atoms with Gasteiger partial charge in [0.25, 0.3) is 0 Å². The number of hydrogen-bond donors (Lipinski definition) is 2. The van der Waals surface area contributed by atoms with Crippen molar-refractivity contribution < 1.29 is 19.1 Å². The molecule has 33 heavy (non-hydrogen) atoms. The van der Waals surface area contributed by atoms with Gasteiger partial charge in [0.2, 0.25) is 5.89 Å². The number of ether oxygens (including phenoxy) is 1. The number of β-amino-alcohol motifs (C(OH)–C–C–N with tert-alkyl or cyclic N) is 1. The number of nitrogens with zero attached hydrogens (tertiary/aromatic N) is 4. The van der Waals surface area contributed by atoms with E-state index in [1.165, 1.54) is 5.56 Å². The van der Waals surface area contributed by atoms with E-state index in [2.05, 4.69) is 28.1 Å². The van der Waals surface area contributed by atoms with E-state index in [0.717, 1.165) is 17.9 Å². The van der Waals surface area contributed by atoms with Crippen LogP contribution in [-0.4, -0.2) is 68.9 Å². The Morgan fingerprint density at radius 1 is 1.21 bits per heavy atom. The SMILES string of the molecule is Cc1cc(OC2CN(C(=O)c3nnc(-c4ccc(N)cc4)o3)C2)ccc1CN1CC(C)(O)C1. The average molecular weight is 450 g/mol. The smallest absolute Gasteiger partial charge is 0.311 e. The van der Waals surface area contributed by atoms with Gasteiger partial charge in [-0.2, -0.15) is 0 Å². The Bertz CT molecular complexity index is 1160. The zero-order valence-corrected chi connectivity index (χ0v) is 18.7. The molecule has 0 bridgehead atoms. The second-order valence-electron chi connectivity index (χ2n) is 9.21. The minimum Gasteiger partial charge on any atom is -0.487 e. The Morgan fingerprint density at radius 3 is 2.61 bits per heavy atom. The summed E-state index contributed by atoms with van der Waals surface area (Å²) in [4.78, 5) is 16.5. The van der Waals surface area contributed by atoms with Gasteiger partial charge in [0.1, 0.15) is 11.9 Å². The van der Waals surface area contributed by atoms with Crippen molar-refractivity contribution in [1.82, 2.24) is 20.0 Å². The van der Waals surface area contributed by atoms with Gasteiger partial charge in [-0.05, 0) is 61.4 Å². The van der Waals surface area contributed by atoms with Crippen LogP contribution in [0.2, 0.25) is 0 Å². The maximum atomic E-state index is 12.6. The molecule has 3 heterocycles. The van der Waals surface area contributed by atoms with Crippen molar-refractivity contribution in [2.75, 3.05) is 31.9 Å². The molecule has 5 rings (SSSR count). The molecule has 2 saturated heterocycles. The van der Waals surface area contributed by atoms with Crippen molar-refractivity contribution in [3.63, 3.8) is 0 Å². The number of carbonyl (C=O) groups is 1. The van der Waals surface area contributed by atoms with Crippen molar-refractivity contribution in [3.05, 3.63) is 59.5 Å². The number of nitrogens with two attached hydrogens (primary N) is 1. The fourth-order valence-corrected chi connectivity index (χ4v) is 4.25. The number of aromatic nitrogens is 2. The minimum absolute atomic E-state index is 0.0366. The third-order valence-electron chi connectivity index (χ3n) is 6.04. The number of hydrogen-bond acceptors (Lipinski definition) is 8. The third kappa shape index (κ3) is 4.55. The molecule has 0 radical (unpaired) electrons. The highest BCUT2D eigenvalue weighted by atomic mass is 16.5. The summed E-state index contributed by atoms with van der Waals surface area (Å²) in [6.07, 6.45) is -0.0795. The number of aliphatic hydroxyl groups is 1. The number of anilines is 1. The first kappa shape index (κ1) is 21.4. The highest BCUT2D eigenvalue weighted by Crippen LogP contribution is 2.27. The second kappa shape index (κ2) is 8.17. The van der Waals surface area contributed by atoms with Crippen molar-refractivity contribution in [1.29, 1.82) is 0 Å².